The van der Waals surface area contributed by atoms with Crippen molar-refractivity contribution in [3.8, 4) is 0 Å². The summed E-state index contributed by atoms with van der Waals surface area (Å²) in [6.07, 6.45) is 0. The minimum absolute atomic E-state index is 0.334. The summed E-state index contributed by atoms with van der Waals surface area (Å²) in [6, 6.07) is 26.2. The van der Waals surface area contributed by atoms with Crippen LogP contribution in [-0.2, 0) is 0 Å². The zero-order valence-corrected chi connectivity index (χ0v) is 13.5. The molecule has 0 aliphatic carbocycles. The van der Waals surface area contributed by atoms with Gasteiger partial charge in [-0.15, -0.1) is 0 Å². The van der Waals surface area contributed by atoms with Crippen molar-refractivity contribution in [2.45, 2.75) is 0 Å². The van der Waals surface area contributed by atoms with Gasteiger partial charge in [-0.05, 0) is 0 Å². The molecule has 1 nitrogen and oxygen atoms in total. The molecule has 4 aromatic rings. The second kappa shape index (κ2) is 4.61. The molecule has 1 heterocycles. The molecule has 2 heteroatoms. The molecule has 0 aromatic heterocycles. The van der Waals surface area contributed by atoms with Gasteiger partial charge in [-0.1, -0.05) is 0 Å². The number of anilines is 2. The van der Waals surface area contributed by atoms with Crippen LogP contribution in [0.3, 0.4) is 0 Å². The van der Waals surface area contributed by atoms with Crippen molar-refractivity contribution >= 4 is 56.8 Å². The molecule has 1 N–H and O–H groups in total. The molecule has 0 saturated heterocycles. The van der Waals surface area contributed by atoms with Gasteiger partial charge in [0.2, 0.25) is 0 Å². The number of fused-ring (bicyclic) bond motifs is 7. The second-order valence-electron chi connectivity index (χ2n) is 5.52. The van der Waals surface area contributed by atoms with E-state index < -0.39 is 0 Å². The molecule has 22 heavy (non-hydrogen) atoms. The molecule has 0 fully saturated rings. The van der Waals surface area contributed by atoms with Crippen LogP contribution in [0.15, 0.2) is 72.8 Å². The van der Waals surface area contributed by atoms with Crippen LogP contribution in [0.25, 0.3) is 21.5 Å². The van der Waals surface area contributed by atoms with Gasteiger partial charge in [0, 0.05) is 0 Å². The Morgan fingerprint density at radius 2 is 1.18 bits per heavy atom. The average molecular weight is 346 g/mol. The van der Waals surface area contributed by atoms with E-state index in [-0.39, 0.29) is 0 Å². The van der Waals surface area contributed by atoms with E-state index in [1.165, 1.54) is 41.8 Å². The summed E-state index contributed by atoms with van der Waals surface area (Å²) in [4.78, 5) is 0. The number of benzene rings is 4. The van der Waals surface area contributed by atoms with Gasteiger partial charge in [-0.2, -0.15) is 0 Å². The van der Waals surface area contributed by atoms with Gasteiger partial charge in [-0.25, -0.2) is 0 Å². The zero-order valence-electron chi connectivity index (χ0n) is 11.8. The predicted octanol–water partition coefficient (Wildman–Crippen LogP) is 3.71. The Morgan fingerprint density at radius 3 is 2.00 bits per heavy atom. The fourth-order valence-electron chi connectivity index (χ4n) is 3.24. The summed E-state index contributed by atoms with van der Waals surface area (Å²) >= 11 is 0.334. The van der Waals surface area contributed by atoms with E-state index in [2.05, 4.69) is 78.1 Å². The molecular weight excluding hydrogens is 333 g/mol. The summed E-state index contributed by atoms with van der Waals surface area (Å²) in [6.45, 7) is 0. The fourth-order valence-corrected chi connectivity index (χ4v) is 5.65. The Balaban J connectivity index is 1.94. The molecule has 0 bridgehead atoms. The number of para-hydroxylation sites is 1. The van der Waals surface area contributed by atoms with Crippen molar-refractivity contribution in [1.29, 1.82) is 0 Å². The monoisotopic (exact) mass is 347 g/mol. The third kappa shape index (κ3) is 1.65. The fraction of sp³-hybridized carbons (Fsp3) is 0. The normalized spacial score (nSPS) is 12.7. The van der Waals surface area contributed by atoms with Gasteiger partial charge in [0.05, 0.1) is 0 Å². The van der Waals surface area contributed by atoms with Gasteiger partial charge < -0.3 is 0 Å². The topological polar surface area (TPSA) is 12.0 Å². The molecule has 5 rings (SSSR count). The Labute approximate surface area is 135 Å². The summed E-state index contributed by atoms with van der Waals surface area (Å²) in [5, 5.41) is 9.10. The van der Waals surface area contributed by atoms with Crippen molar-refractivity contribution in [3.05, 3.63) is 72.8 Å². The van der Waals surface area contributed by atoms with Gasteiger partial charge in [-0.3, -0.25) is 0 Å². The molecule has 0 unspecified atom stereocenters. The van der Waals surface area contributed by atoms with Crippen LogP contribution in [0.2, 0.25) is 0 Å². The van der Waals surface area contributed by atoms with Crippen LogP contribution >= 0.6 is 0 Å². The molecule has 1 aliphatic rings. The van der Waals surface area contributed by atoms with Crippen molar-refractivity contribution in [1.82, 2.24) is 0 Å². The summed E-state index contributed by atoms with van der Waals surface area (Å²) < 4.78 is 2.91. The van der Waals surface area contributed by atoms with Crippen LogP contribution < -0.4 is 14.2 Å². The standard InChI is InChI=1S/C20H13NSe/c1-3-9-15-13(7-1)14-8-2-4-10-16(14)20-19(15)21-17-11-5-6-12-18(17)22-20/h1-12,21H. The first kappa shape index (κ1) is 12.3. The third-order valence-corrected chi connectivity index (χ3v) is 6.77. The quantitative estimate of drug-likeness (QED) is 0.333. The Bertz CT molecular complexity index is 952. The minimum atomic E-state index is 0.334. The molecule has 0 saturated carbocycles. The Morgan fingerprint density at radius 1 is 0.591 bits per heavy atom. The van der Waals surface area contributed by atoms with Crippen LogP contribution in [0.1, 0.15) is 0 Å². The van der Waals surface area contributed by atoms with Gasteiger partial charge in [0.1, 0.15) is 0 Å². The molecule has 0 atom stereocenters. The molecule has 0 spiro atoms. The molecule has 104 valence electrons. The van der Waals surface area contributed by atoms with E-state index in [1.807, 2.05) is 0 Å². The Hall–Kier alpha value is -2.28. The maximum atomic E-state index is 3.69. The summed E-state index contributed by atoms with van der Waals surface area (Å²) in [5.74, 6) is 0. The number of nitrogens with one attached hydrogen (secondary N) is 1. The van der Waals surface area contributed by atoms with E-state index in [4.69, 9.17) is 0 Å². The van der Waals surface area contributed by atoms with Crippen molar-refractivity contribution < 1.29 is 0 Å². The van der Waals surface area contributed by atoms with Crippen LogP contribution in [0, 0.1) is 0 Å². The van der Waals surface area contributed by atoms with E-state index in [0.29, 0.717) is 15.0 Å². The first-order valence-corrected chi connectivity index (χ1v) is 9.10. The van der Waals surface area contributed by atoms with Crippen molar-refractivity contribution in [2.75, 3.05) is 5.32 Å². The molecule has 0 radical (unpaired) electrons. The van der Waals surface area contributed by atoms with E-state index in [9.17, 15) is 0 Å². The summed E-state index contributed by atoms with van der Waals surface area (Å²) in [7, 11) is 0. The van der Waals surface area contributed by atoms with Crippen LogP contribution in [0.4, 0.5) is 11.4 Å². The SMILES string of the molecule is c1ccc2c(c1)Nc1c(c3ccccc3c3ccccc13)[Se]2. The molecular formula is C20H13NSe. The van der Waals surface area contributed by atoms with Gasteiger partial charge in [0.15, 0.2) is 0 Å². The number of hydrogen-bond donors (Lipinski definition) is 1. The van der Waals surface area contributed by atoms with E-state index >= 15 is 0 Å². The van der Waals surface area contributed by atoms with Gasteiger partial charge in [0.25, 0.3) is 0 Å². The van der Waals surface area contributed by atoms with E-state index in [1.54, 1.807) is 0 Å². The predicted molar refractivity (Wildman–Crippen MR) is 96.2 cm³/mol. The molecule has 1 aliphatic heterocycles. The molecule has 0 amide bonds. The van der Waals surface area contributed by atoms with Crippen molar-refractivity contribution in [3.63, 3.8) is 0 Å². The maximum absolute atomic E-state index is 3.69. The second-order valence-corrected chi connectivity index (χ2v) is 7.73. The van der Waals surface area contributed by atoms with Crippen molar-refractivity contribution in [2.24, 2.45) is 0 Å². The van der Waals surface area contributed by atoms with Crippen LogP contribution in [0.5, 0.6) is 0 Å². The summed E-state index contributed by atoms with van der Waals surface area (Å²) in [5.41, 5.74) is 2.56. The van der Waals surface area contributed by atoms with Crippen LogP contribution in [-0.4, -0.2) is 15.0 Å². The number of hydrogen-bond acceptors (Lipinski definition) is 1. The first-order valence-electron chi connectivity index (χ1n) is 7.39. The third-order valence-electron chi connectivity index (χ3n) is 4.24. The van der Waals surface area contributed by atoms with E-state index in [0.717, 1.165) is 0 Å². The molecule has 4 aromatic carbocycles. The van der Waals surface area contributed by atoms with Gasteiger partial charge >= 0.3 is 135 Å². The first-order chi connectivity index (χ1) is 10.9. The average Bonchev–Trinajstić information content (AvgIpc) is 2.61. The number of rotatable bonds is 0. The zero-order chi connectivity index (χ0) is 14.5. The Kier molecular flexibility index (Phi) is 2.57.